The smallest absolute Gasteiger partial charge is 0.246 e. The third kappa shape index (κ3) is 3.33. The van der Waals surface area contributed by atoms with Crippen LogP contribution in [0.15, 0.2) is 18.2 Å². The zero-order chi connectivity index (χ0) is 17.3. The number of nitrogens with two attached hydrogens (primary N) is 1. The molecule has 1 aromatic carbocycles. The SMILES string of the molecule is C[C@@H]1CC[C@H](C(N)=O)CN1C(=O)/C=C\c1cc(Cl)c2c(c1)OCO2. The Morgan fingerprint density at radius 1 is 1.33 bits per heavy atom. The third-order valence-electron chi connectivity index (χ3n) is 4.44. The molecule has 0 unspecified atom stereocenters. The van der Waals surface area contributed by atoms with Crippen molar-refractivity contribution >= 4 is 29.5 Å². The van der Waals surface area contributed by atoms with Gasteiger partial charge in [-0.2, -0.15) is 0 Å². The lowest BCUT2D eigenvalue weighted by molar-refractivity contribution is -0.133. The van der Waals surface area contributed by atoms with Crippen LogP contribution in [-0.2, 0) is 9.59 Å². The number of halogens is 1. The van der Waals surface area contributed by atoms with E-state index in [1.165, 1.54) is 6.08 Å². The maximum atomic E-state index is 12.5. The van der Waals surface area contributed by atoms with E-state index in [4.69, 9.17) is 26.8 Å². The molecule has 0 saturated carbocycles. The van der Waals surface area contributed by atoms with Crippen LogP contribution in [-0.4, -0.2) is 36.1 Å². The first kappa shape index (κ1) is 16.6. The molecule has 0 aliphatic carbocycles. The second-order valence-corrected chi connectivity index (χ2v) is 6.49. The van der Waals surface area contributed by atoms with E-state index in [0.717, 1.165) is 18.4 Å². The van der Waals surface area contributed by atoms with E-state index >= 15 is 0 Å². The van der Waals surface area contributed by atoms with Gasteiger partial charge in [-0.3, -0.25) is 9.59 Å². The summed E-state index contributed by atoms with van der Waals surface area (Å²) in [5, 5.41) is 0.442. The number of likely N-dealkylation sites (tertiary alicyclic amines) is 1. The van der Waals surface area contributed by atoms with Gasteiger partial charge in [0.15, 0.2) is 11.5 Å². The number of nitrogens with zero attached hydrogens (tertiary/aromatic N) is 1. The van der Waals surface area contributed by atoms with Crippen molar-refractivity contribution in [1.29, 1.82) is 0 Å². The predicted molar refractivity (Wildman–Crippen MR) is 89.7 cm³/mol. The number of carbonyl (C=O) groups excluding carboxylic acids is 2. The number of hydrogen-bond donors (Lipinski definition) is 1. The summed E-state index contributed by atoms with van der Waals surface area (Å²) in [5.74, 6) is 0.302. The number of ether oxygens (including phenoxy) is 2. The van der Waals surface area contributed by atoms with Crippen LogP contribution >= 0.6 is 11.6 Å². The lowest BCUT2D eigenvalue weighted by Crippen LogP contribution is -2.48. The average molecular weight is 351 g/mol. The molecule has 7 heteroatoms. The highest BCUT2D eigenvalue weighted by atomic mass is 35.5. The highest BCUT2D eigenvalue weighted by molar-refractivity contribution is 6.32. The summed E-state index contributed by atoms with van der Waals surface area (Å²) in [6.07, 6.45) is 4.65. The average Bonchev–Trinajstić information content (AvgIpc) is 3.02. The number of rotatable bonds is 3. The Morgan fingerprint density at radius 3 is 2.88 bits per heavy atom. The zero-order valence-electron chi connectivity index (χ0n) is 13.3. The van der Waals surface area contributed by atoms with E-state index in [9.17, 15) is 9.59 Å². The highest BCUT2D eigenvalue weighted by Crippen LogP contribution is 2.40. The van der Waals surface area contributed by atoms with Gasteiger partial charge in [0.05, 0.1) is 10.9 Å². The standard InChI is InChI=1S/C17H19ClN2O4/c1-10-2-4-12(17(19)22)8-20(10)15(21)5-3-11-6-13(18)16-14(7-11)23-9-24-16/h3,5-7,10,12H,2,4,8-9H2,1H3,(H2,19,22)/b5-3-/t10-,12+/m1/s1. The quantitative estimate of drug-likeness (QED) is 0.847. The van der Waals surface area contributed by atoms with E-state index in [2.05, 4.69) is 0 Å². The van der Waals surface area contributed by atoms with Crippen molar-refractivity contribution in [3.8, 4) is 11.5 Å². The number of amides is 2. The van der Waals surface area contributed by atoms with E-state index in [1.807, 2.05) is 6.92 Å². The van der Waals surface area contributed by atoms with Crippen molar-refractivity contribution in [2.75, 3.05) is 13.3 Å². The fourth-order valence-corrected chi connectivity index (χ4v) is 3.27. The summed E-state index contributed by atoms with van der Waals surface area (Å²) in [7, 11) is 0. The first-order chi connectivity index (χ1) is 11.5. The Labute approximate surface area is 145 Å². The van der Waals surface area contributed by atoms with Crippen LogP contribution in [0, 0.1) is 5.92 Å². The van der Waals surface area contributed by atoms with Gasteiger partial charge in [-0.15, -0.1) is 0 Å². The molecule has 3 rings (SSSR count). The third-order valence-corrected chi connectivity index (χ3v) is 4.72. The largest absolute Gasteiger partial charge is 0.454 e. The van der Waals surface area contributed by atoms with Gasteiger partial charge in [-0.25, -0.2) is 0 Å². The molecule has 128 valence electrons. The number of primary amides is 1. The minimum Gasteiger partial charge on any atom is -0.454 e. The topological polar surface area (TPSA) is 81.9 Å². The van der Waals surface area contributed by atoms with Gasteiger partial charge in [0.25, 0.3) is 0 Å². The fourth-order valence-electron chi connectivity index (χ4n) is 2.99. The maximum absolute atomic E-state index is 12.5. The van der Waals surface area contributed by atoms with Gasteiger partial charge >= 0.3 is 0 Å². The molecule has 0 bridgehead atoms. The monoisotopic (exact) mass is 350 g/mol. The summed E-state index contributed by atoms with van der Waals surface area (Å²) < 4.78 is 10.6. The van der Waals surface area contributed by atoms with Crippen molar-refractivity contribution in [1.82, 2.24) is 4.90 Å². The Hall–Kier alpha value is -2.21. The molecule has 24 heavy (non-hydrogen) atoms. The molecule has 2 aliphatic rings. The Morgan fingerprint density at radius 2 is 2.12 bits per heavy atom. The molecule has 2 amide bonds. The van der Waals surface area contributed by atoms with Crippen molar-refractivity contribution in [2.45, 2.75) is 25.8 Å². The van der Waals surface area contributed by atoms with Gasteiger partial charge in [0.2, 0.25) is 18.6 Å². The fraction of sp³-hybridized carbons (Fsp3) is 0.412. The van der Waals surface area contributed by atoms with Crippen molar-refractivity contribution < 1.29 is 19.1 Å². The molecule has 6 nitrogen and oxygen atoms in total. The lowest BCUT2D eigenvalue weighted by Gasteiger charge is -2.36. The van der Waals surface area contributed by atoms with Crippen molar-refractivity contribution in [3.05, 3.63) is 28.8 Å². The van der Waals surface area contributed by atoms with Crippen LogP contribution in [0.2, 0.25) is 5.02 Å². The normalized spacial score (nSPS) is 22.8. The van der Waals surface area contributed by atoms with E-state index in [-0.39, 0.29) is 30.6 Å². The summed E-state index contributed by atoms with van der Waals surface area (Å²) in [6.45, 7) is 2.48. The molecular weight excluding hydrogens is 332 g/mol. The van der Waals surface area contributed by atoms with E-state index in [0.29, 0.717) is 23.1 Å². The van der Waals surface area contributed by atoms with E-state index < -0.39 is 0 Å². The first-order valence-electron chi connectivity index (χ1n) is 7.83. The molecule has 2 heterocycles. The molecule has 2 N–H and O–H groups in total. The Balaban J connectivity index is 1.73. The van der Waals surface area contributed by atoms with Crippen molar-refractivity contribution in [2.24, 2.45) is 11.7 Å². The van der Waals surface area contributed by atoms with Crippen molar-refractivity contribution in [3.63, 3.8) is 0 Å². The molecule has 0 aromatic heterocycles. The van der Waals surface area contributed by atoms with Crippen LogP contribution < -0.4 is 15.2 Å². The summed E-state index contributed by atoms with van der Waals surface area (Å²) in [4.78, 5) is 25.5. The Kier molecular flexibility index (Phi) is 4.66. The lowest BCUT2D eigenvalue weighted by atomic mass is 9.93. The molecule has 2 aliphatic heterocycles. The summed E-state index contributed by atoms with van der Waals surface area (Å²) >= 11 is 6.13. The molecule has 1 aromatic rings. The van der Waals surface area contributed by atoms with Gasteiger partial charge in [0.1, 0.15) is 0 Å². The number of benzene rings is 1. The zero-order valence-corrected chi connectivity index (χ0v) is 14.1. The van der Waals surface area contributed by atoms with Gasteiger partial charge in [0, 0.05) is 18.7 Å². The number of hydrogen-bond acceptors (Lipinski definition) is 4. The number of piperidine rings is 1. The summed E-state index contributed by atoms with van der Waals surface area (Å²) in [6, 6.07) is 3.56. The highest BCUT2D eigenvalue weighted by Gasteiger charge is 2.30. The minimum atomic E-state index is -0.355. The van der Waals surface area contributed by atoms with Crippen LogP contribution in [0.4, 0.5) is 0 Å². The first-order valence-corrected chi connectivity index (χ1v) is 8.20. The Bertz CT molecular complexity index is 704. The van der Waals surface area contributed by atoms with E-state index in [1.54, 1.807) is 23.1 Å². The molecule has 1 fully saturated rings. The predicted octanol–water partition coefficient (Wildman–Crippen LogP) is 2.19. The molecular formula is C17H19ClN2O4. The van der Waals surface area contributed by atoms with Crippen LogP contribution in [0.5, 0.6) is 11.5 Å². The summed E-state index contributed by atoms with van der Waals surface area (Å²) in [5.41, 5.74) is 6.12. The second-order valence-electron chi connectivity index (χ2n) is 6.09. The maximum Gasteiger partial charge on any atom is 0.246 e. The van der Waals surface area contributed by atoms with Crippen LogP contribution in [0.3, 0.4) is 0 Å². The van der Waals surface area contributed by atoms with Gasteiger partial charge in [-0.1, -0.05) is 11.6 Å². The molecule has 0 radical (unpaired) electrons. The second kappa shape index (κ2) is 6.73. The van der Waals surface area contributed by atoms with Gasteiger partial charge in [-0.05, 0) is 43.5 Å². The number of carbonyl (C=O) groups is 2. The molecule has 2 atom stereocenters. The van der Waals surface area contributed by atoms with Crippen LogP contribution in [0.1, 0.15) is 25.3 Å². The van der Waals surface area contributed by atoms with Gasteiger partial charge < -0.3 is 20.1 Å². The molecule has 0 spiro atoms. The molecule has 1 saturated heterocycles. The van der Waals surface area contributed by atoms with Crippen LogP contribution in [0.25, 0.3) is 6.08 Å². The minimum absolute atomic E-state index is 0.0816. The number of fused-ring (bicyclic) bond motifs is 1.